The van der Waals surface area contributed by atoms with Crippen molar-refractivity contribution >= 4 is 79.8 Å². The maximum absolute atomic E-state index is 13.1. The summed E-state index contributed by atoms with van der Waals surface area (Å²) in [4.78, 5) is 70.0. The molecule has 2 unspecified atom stereocenters. The topological polar surface area (TPSA) is 192 Å². The zero-order chi connectivity index (χ0) is 29.0. The fraction of sp³-hybridized carbons (Fsp3) is 0.273. The van der Waals surface area contributed by atoms with E-state index < -0.39 is 39.6 Å². The van der Waals surface area contributed by atoms with E-state index in [1.54, 1.807) is 0 Å². The van der Waals surface area contributed by atoms with Crippen molar-refractivity contribution in [2.75, 3.05) is 19.5 Å². The third kappa shape index (κ3) is 5.98. The van der Waals surface area contributed by atoms with Crippen LogP contribution in [0.3, 0.4) is 0 Å². The van der Waals surface area contributed by atoms with Gasteiger partial charge in [0.05, 0.1) is 10.5 Å². The lowest BCUT2D eigenvalue weighted by Crippen LogP contribution is -2.69. The fourth-order valence-corrected chi connectivity index (χ4v) is 6.34. The SMILES string of the molecule is CON=C(C(=O)NC1C(=O)N2C=C(C(=O)OCc3ccc([N+](=O)[O-])cc3)C(OC)S[C@H]12)c1nc(NC=O)sc1Br. The van der Waals surface area contributed by atoms with Crippen molar-refractivity contribution in [3.63, 3.8) is 0 Å². The van der Waals surface area contributed by atoms with E-state index in [0.717, 1.165) is 23.1 Å². The molecule has 4 rings (SSSR count). The molecule has 1 aromatic carbocycles. The molecule has 3 amide bonds. The number of ether oxygens (including phenoxy) is 2. The largest absolute Gasteiger partial charge is 0.457 e. The highest BCUT2D eigenvalue weighted by atomic mass is 79.9. The monoisotopic (exact) mass is 654 g/mol. The molecular weight excluding hydrogens is 636 g/mol. The number of methoxy groups -OCH3 is 1. The summed E-state index contributed by atoms with van der Waals surface area (Å²) in [6.07, 6.45) is 1.75. The van der Waals surface area contributed by atoms with E-state index in [2.05, 4.69) is 36.7 Å². The van der Waals surface area contributed by atoms with Gasteiger partial charge in [0, 0.05) is 25.4 Å². The number of aromatic nitrogens is 1. The highest BCUT2D eigenvalue weighted by Gasteiger charge is 2.53. The predicted octanol–water partition coefficient (Wildman–Crippen LogP) is 1.73. The molecule has 40 heavy (non-hydrogen) atoms. The number of carbonyl (C=O) groups excluding carboxylic acids is 4. The number of thioether (sulfide) groups is 1. The van der Waals surface area contributed by atoms with Crippen LogP contribution in [0.5, 0.6) is 0 Å². The van der Waals surface area contributed by atoms with Crippen LogP contribution in [-0.2, 0) is 40.1 Å². The first kappa shape index (κ1) is 29.1. The van der Waals surface area contributed by atoms with Gasteiger partial charge in [-0.25, -0.2) is 9.78 Å². The number of non-ortho nitro benzene ring substituents is 1. The molecule has 0 aliphatic carbocycles. The molecule has 0 saturated carbocycles. The van der Waals surface area contributed by atoms with Crippen molar-refractivity contribution in [2.24, 2.45) is 5.16 Å². The minimum Gasteiger partial charge on any atom is -0.457 e. The third-order valence-corrected chi connectivity index (χ3v) is 8.63. The zero-order valence-electron chi connectivity index (χ0n) is 20.6. The molecule has 1 fully saturated rings. The lowest BCUT2D eigenvalue weighted by atomic mass is 10.1. The quantitative estimate of drug-likeness (QED) is 0.0895. The molecule has 3 heterocycles. The Hall–Kier alpha value is -3.87. The van der Waals surface area contributed by atoms with Gasteiger partial charge in [0.1, 0.15) is 40.0 Å². The van der Waals surface area contributed by atoms with Gasteiger partial charge in [0.2, 0.25) is 6.41 Å². The van der Waals surface area contributed by atoms with Crippen LogP contribution < -0.4 is 10.6 Å². The van der Waals surface area contributed by atoms with Crippen molar-refractivity contribution in [3.05, 3.63) is 61.2 Å². The van der Waals surface area contributed by atoms with E-state index in [1.165, 1.54) is 49.6 Å². The van der Waals surface area contributed by atoms with Gasteiger partial charge in [-0.05, 0) is 33.6 Å². The second-order valence-corrected chi connectivity index (χ2v) is 11.4. The number of nitro groups is 1. The highest BCUT2D eigenvalue weighted by molar-refractivity contribution is 9.11. The summed E-state index contributed by atoms with van der Waals surface area (Å²) in [5, 5.41) is 19.1. The summed E-state index contributed by atoms with van der Waals surface area (Å²) < 4.78 is 11.2. The van der Waals surface area contributed by atoms with E-state index in [-0.39, 0.29) is 34.4 Å². The van der Waals surface area contributed by atoms with Crippen LogP contribution in [0.25, 0.3) is 0 Å². The van der Waals surface area contributed by atoms with Crippen LogP contribution in [0.1, 0.15) is 11.3 Å². The first-order valence-electron chi connectivity index (χ1n) is 11.1. The molecule has 2 aliphatic rings. The van der Waals surface area contributed by atoms with Gasteiger partial charge >= 0.3 is 5.97 Å². The maximum Gasteiger partial charge on any atom is 0.339 e. The minimum absolute atomic E-state index is 0.0760. The number of hydrogen-bond acceptors (Lipinski definition) is 13. The average molecular weight is 655 g/mol. The van der Waals surface area contributed by atoms with E-state index in [4.69, 9.17) is 14.3 Å². The first-order valence-corrected chi connectivity index (χ1v) is 13.6. The Morgan fingerprint density at radius 2 is 2.02 bits per heavy atom. The Labute approximate surface area is 242 Å². The molecule has 0 radical (unpaired) electrons. The lowest BCUT2D eigenvalue weighted by molar-refractivity contribution is -0.384. The van der Waals surface area contributed by atoms with Crippen LogP contribution in [0.15, 0.2) is 45.0 Å². The molecular formula is C22H19BrN6O9S2. The van der Waals surface area contributed by atoms with Gasteiger partial charge in [-0.3, -0.25) is 24.5 Å². The van der Waals surface area contributed by atoms with Crippen molar-refractivity contribution < 1.29 is 38.4 Å². The average Bonchev–Trinajstić information content (AvgIpc) is 3.31. The number of nitrogens with one attached hydrogen (secondary N) is 2. The maximum atomic E-state index is 13.1. The fourth-order valence-electron chi connectivity index (χ4n) is 3.64. The van der Waals surface area contributed by atoms with Crippen LogP contribution in [0.2, 0.25) is 0 Å². The zero-order valence-corrected chi connectivity index (χ0v) is 23.8. The molecule has 0 spiro atoms. The number of benzene rings is 1. The number of nitrogens with zero attached hydrogens (tertiary/aromatic N) is 4. The Bertz CT molecular complexity index is 1410. The summed E-state index contributed by atoms with van der Waals surface area (Å²) in [6, 6.07) is 4.56. The number of hydrogen-bond donors (Lipinski definition) is 2. The predicted molar refractivity (Wildman–Crippen MR) is 145 cm³/mol. The smallest absolute Gasteiger partial charge is 0.339 e. The number of fused-ring (bicyclic) bond motifs is 1. The number of oxime groups is 1. The molecule has 18 heteroatoms. The minimum atomic E-state index is -0.976. The van der Waals surface area contributed by atoms with Gasteiger partial charge in [0.15, 0.2) is 10.8 Å². The van der Waals surface area contributed by atoms with E-state index >= 15 is 0 Å². The molecule has 2 aromatic rings. The third-order valence-electron chi connectivity index (χ3n) is 5.52. The first-order chi connectivity index (χ1) is 19.2. The second-order valence-electron chi connectivity index (χ2n) is 7.90. The number of carbonyl (C=O) groups is 4. The standard InChI is InChI=1S/C22H19BrN6O9S2/c1-36-21-12(20(33)38-8-10-3-5-11(6-4-10)29(34)35)7-28-18(32)15(19(28)40-21)25-17(31)14(27-37-2)13-16(23)39-22(26-13)24-9-30/h3-7,9,15,19,21H,8H2,1-2H3,(H,25,31)(H,24,26,30)/t15?,19-,21?/m1/s1. The number of anilines is 1. The van der Waals surface area contributed by atoms with Crippen molar-refractivity contribution in [3.8, 4) is 0 Å². The molecule has 2 aliphatic heterocycles. The molecule has 0 bridgehead atoms. The number of thiazole rings is 1. The Balaban J connectivity index is 1.43. The van der Waals surface area contributed by atoms with Gasteiger partial charge in [-0.2, -0.15) is 0 Å². The number of nitro benzene ring substituents is 1. The number of halogens is 1. The van der Waals surface area contributed by atoms with Gasteiger partial charge in [-0.15, -0.1) is 0 Å². The Morgan fingerprint density at radius 1 is 1.30 bits per heavy atom. The highest BCUT2D eigenvalue weighted by Crippen LogP contribution is 2.41. The van der Waals surface area contributed by atoms with Crippen LogP contribution in [0, 0.1) is 10.1 Å². The second kappa shape index (κ2) is 12.5. The van der Waals surface area contributed by atoms with Gasteiger partial charge in [-0.1, -0.05) is 28.3 Å². The number of amides is 3. The van der Waals surface area contributed by atoms with Crippen molar-refractivity contribution in [1.82, 2.24) is 15.2 Å². The summed E-state index contributed by atoms with van der Waals surface area (Å²) in [7, 11) is 2.62. The molecule has 2 N–H and O–H groups in total. The molecule has 1 saturated heterocycles. The Kier molecular flexibility index (Phi) is 9.13. The van der Waals surface area contributed by atoms with Crippen LogP contribution in [0.4, 0.5) is 10.8 Å². The van der Waals surface area contributed by atoms with E-state index in [1.807, 2.05) is 0 Å². The van der Waals surface area contributed by atoms with Gasteiger partial charge < -0.3 is 29.8 Å². The molecule has 210 valence electrons. The normalized spacial score (nSPS) is 20.0. The van der Waals surface area contributed by atoms with Crippen molar-refractivity contribution in [1.29, 1.82) is 0 Å². The lowest BCUT2D eigenvalue weighted by Gasteiger charge is -2.48. The summed E-state index contributed by atoms with van der Waals surface area (Å²) >= 11 is 5.44. The van der Waals surface area contributed by atoms with Crippen molar-refractivity contribution in [2.45, 2.75) is 23.5 Å². The van der Waals surface area contributed by atoms with Crippen LogP contribution in [-0.4, -0.2) is 75.8 Å². The summed E-state index contributed by atoms with van der Waals surface area (Å²) in [5.74, 6) is -1.98. The molecule has 1 aromatic heterocycles. The van der Waals surface area contributed by atoms with E-state index in [0.29, 0.717) is 15.8 Å². The molecule has 3 atom stereocenters. The van der Waals surface area contributed by atoms with Crippen LogP contribution >= 0.6 is 39.0 Å². The number of rotatable bonds is 11. The number of esters is 1. The van der Waals surface area contributed by atoms with Gasteiger partial charge in [0.25, 0.3) is 17.5 Å². The summed E-state index contributed by atoms with van der Waals surface area (Å²) in [5.41, 5.74) is -0.425. The molecule has 15 nitrogen and oxygen atoms in total. The van der Waals surface area contributed by atoms with E-state index in [9.17, 15) is 29.3 Å². The number of β-lactam (4-membered cyclic amide) rings is 1. The summed E-state index contributed by atoms with van der Waals surface area (Å²) in [6.45, 7) is -0.150. The Morgan fingerprint density at radius 3 is 2.65 bits per heavy atom.